The molecule has 0 amide bonds. The summed E-state index contributed by atoms with van der Waals surface area (Å²) in [4.78, 5) is 23.6. The first-order valence-corrected chi connectivity index (χ1v) is 19.0. The van der Waals surface area contributed by atoms with Crippen molar-refractivity contribution in [3.05, 3.63) is 34.4 Å². The summed E-state index contributed by atoms with van der Waals surface area (Å²) < 4.78 is 24.5. The van der Waals surface area contributed by atoms with E-state index < -0.39 is 28.9 Å². The molecule has 1 unspecified atom stereocenters. The summed E-state index contributed by atoms with van der Waals surface area (Å²) in [5.41, 5.74) is -2.04. The van der Waals surface area contributed by atoms with Crippen LogP contribution < -0.4 is 4.74 Å². The molecule has 0 aromatic heterocycles. The summed E-state index contributed by atoms with van der Waals surface area (Å²) in [7, 11) is 0. The van der Waals surface area contributed by atoms with Crippen LogP contribution in [-0.4, -0.2) is 64.0 Å². The third-order valence-corrected chi connectivity index (χ3v) is 15.8. The predicted molar refractivity (Wildman–Crippen MR) is 189 cm³/mol. The average molecular weight is 700 g/mol. The fraction of sp³-hybridized carbons (Fsp3) is 0.825. The highest BCUT2D eigenvalue weighted by Crippen LogP contribution is 2.79. The Hall–Kier alpha value is -2.27. The smallest absolute Gasteiger partial charge is 0.430 e. The molecule has 0 spiro atoms. The van der Waals surface area contributed by atoms with Crippen LogP contribution in [0.15, 0.2) is 24.3 Å². The van der Waals surface area contributed by atoms with Gasteiger partial charge in [0.15, 0.2) is 0 Å². The van der Waals surface area contributed by atoms with Gasteiger partial charge in [0.25, 0.3) is 5.69 Å². The van der Waals surface area contributed by atoms with Crippen LogP contribution in [0.4, 0.5) is 10.5 Å². The van der Waals surface area contributed by atoms with Crippen molar-refractivity contribution >= 4 is 11.8 Å². The van der Waals surface area contributed by atoms with Gasteiger partial charge in [0.2, 0.25) is 0 Å². The normalized spacial score (nSPS) is 44.2. The van der Waals surface area contributed by atoms with Gasteiger partial charge >= 0.3 is 6.16 Å². The fourth-order valence-corrected chi connectivity index (χ4v) is 13.1. The number of carbonyl (C=O) groups is 1. The van der Waals surface area contributed by atoms with Crippen LogP contribution in [0.2, 0.25) is 0 Å². The molecule has 50 heavy (non-hydrogen) atoms. The van der Waals surface area contributed by atoms with Gasteiger partial charge in [0.1, 0.15) is 18.0 Å². The second kappa shape index (κ2) is 12.4. The van der Waals surface area contributed by atoms with Gasteiger partial charge in [-0.25, -0.2) is 4.79 Å². The van der Waals surface area contributed by atoms with Crippen molar-refractivity contribution < 1.29 is 38.9 Å². The summed E-state index contributed by atoms with van der Waals surface area (Å²) in [6.45, 7) is 22.5. The molecule has 10 nitrogen and oxygen atoms in total. The molecule has 5 aliphatic rings. The molecule has 280 valence electrons. The van der Waals surface area contributed by atoms with Crippen LogP contribution in [0.25, 0.3) is 0 Å². The van der Waals surface area contributed by atoms with E-state index in [1.54, 1.807) is 13.8 Å². The molecule has 1 aliphatic heterocycles. The molecule has 1 aromatic carbocycles. The maximum Gasteiger partial charge on any atom is 0.514 e. The second-order valence-corrected chi connectivity index (χ2v) is 18.6. The molecular formula is C40H61NO9. The zero-order chi connectivity index (χ0) is 36.8. The third-order valence-electron chi connectivity index (χ3n) is 15.8. The van der Waals surface area contributed by atoms with E-state index in [1.807, 2.05) is 6.92 Å². The van der Waals surface area contributed by atoms with E-state index in [9.17, 15) is 25.1 Å². The van der Waals surface area contributed by atoms with Gasteiger partial charge in [-0.1, -0.05) is 48.5 Å². The topological polar surface area (TPSA) is 138 Å². The number of nitro benzene ring substituents is 1. The van der Waals surface area contributed by atoms with Crippen molar-refractivity contribution in [3.8, 4) is 5.75 Å². The molecule has 4 saturated carbocycles. The van der Waals surface area contributed by atoms with Gasteiger partial charge in [0.05, 0.1) is 28.8 Å². The minimum Gasteiger partial charge on any atom is -0.430 e. The Balaban J connectivity index is 1.24. The second-order valence-electron chi connectivity index (χ2n) is 18.6. The van der Waals surface area contributed by atoms with Crippen LogP contribution in [0, 0.1) is 60.9 Å². The number of aliphatic hydroxyl groups is 2. The van der Waals surface area contributed by atoms with E-state index >= 15 is 0 Å². The highest BCUT2D eigenvalue weighted by atomic mass is 16.7. The maximum absolute atomic E-state index is 13.0. The lowest BCUT2D eigenvalue weighted by Gasteiger charge is -2.72. The number of aliphatic hydroxyl groups excluding tert-OH is 1. The number of ether oxygens (including phenoxy) is 4. The van der Waals surface area contributed by atoms with Crippen LogP contribution in [0.1, 0.15) is 114 Å². The Kier molecular flexibility index (Phi) is 9.31. The molecular weight excluding hydrogens is 638 g/mol. The summed E-state index contributed by atoms with van der Waals surface area (Å²) >= 11 is 0. The largest absolute Gasteiger partial charge is 0.514 e. The molecule has 0 bridgehead atoms. The SMILES string of the molecule is CCO[C@@H]([C@H]1C[C@@H](C)[C@H]2[C@H](O1)[C@H](O)[C@@]1(C)[C@@H]3CC[C@H]4C(C)(C)[C@@H](OC(=O)Oc5ccc([N+](=O)[O-])cc5)CCC4(C)[C@]3(C)CC[C@]21C)C(C)(C)O. The highest BCUT2D eigenvalue weighted by molar-refractivity contribution is 5.64. The molecule has 10 heteroatoms. The highest BCUT2D eigenvalue weighted by Gasteiger charge is 2.77. The number of hydrogen-bond acceptors (Lipinski definition) is 9. The first kappa shape index (κ1) is 37.5. The Morgan fingerprint density at radius 1 is 1.00 bits per heavy atom. The Morgan fingerprint density at radius 3 is 2.20 bits per heavy atom. The van der Waals surface area contributed by atoms with Gasteiger partial charge in [0, 0.05) is 29.6 Å². The minimum absolute atomic E-state index is 0.0463. The Morgan fingerprint density at radius 2 is 1.60 bits per heavy atom. The lowest BCUT2D eigenvalue weighted by molar-refractivity contribution is -0.384. The summed E-state index contributed by atoms with van der Waals surface area (Å²) in [5, 5.41) is 34.7. The van der Waals surface area contributed by atoms with Crippen molar-refractivity contribution in [2.75, 3.05) is 6.61 Å². The molecule has 4 aliphatic carbocycles. The van der Waals surface area contributed by atoms with Gasteiger partial charge in [-0.2, -0.15) is 0 Å². The zero-order valence-electron chi connectivity index (χ0n) is 31.9. The third kappa shape index (κ3) is 5.35. The van der Waals surface area contributed by atoms with Crippen molar-refractivity contribution in [2.24, 2.45) is 50.7 Å². The maximum atomic E-state index is 13.0. The van der Waals surface area contributed by atoms with Crippen LogP contribution in [-0.2, 0) is 14.2 Å². The number of fused-ring (bicyclic) bond motifs is 7. The average Bonchev–Trinajstić information content (AvgIpc) is 3.20. The van der Waals surface area contributed by atoms with Gasteiger partial charge in [-0.3, -0.25) is 10.1 Å². The summed E-state index contributed by atoms with van der Waals surface area (Å²) in [5.74, 6) is 1.29. The molecule has 2 N–H and O–H groups in total. The molecule has 13 atom stereocenters. The van der Waals surface area contributed by atoms with Gasteiger partial charge in [-0.15, -0.1) is 0 Å². The van der Waals surface area contributed by atoms with Crippen LogP contribution in [0.5, 0.6) is 5.75 Å². The predicted octanol–water partition coefficient (Wildman–Crippen LogP) is 8.10. The van der Waals surface area contributed by atoms with E-state index in [-0.39, 0.29) is 74.6 Å². The number of rotatable bonds is 7. The molecule has 5 fully saturated rings. The van der Waals surface area contributed by atoms with Crippen LogP contribution >= 0.6 is 0 Å². The van der Waals surface area contributed by atoms with E-state index in [4.69, 9.17) is 18.9 Å². The number of nitro groups is 1. The van der Waals surface area contributed by atoms with E-state index in [2.05, 4.69) is 48.5 Å². The van der Waals surface area contributed by atoms with Crippen molar-refractivity contribution in [2.45, 2.75) is 150 Å². The number of non-ortho nitro benzene ring substituents is 1. The van der Waals surface area contributed by atoms with Crippen molar-refractivity contribution in [3.63, 3.8) is 0 Å². The monoisotopic (exact) mass is 699 g/mol. The quantitative estimate of drug-likeness (QED) is 0.125. The zero-order valence-corrected chi connectivity index (χ0v) is 31.9. The standard InChI is InChI=1S/C40H61NO9/c1-11-47-33(36(5,6)44)26-22-23(2)30-31(49-26)32(42)40(10)28-17-16-27-35(3,4)29(18-19-37(27,7)38(28,8)20-21-39(30,40)9)50-34(43)48-25-14-12-24(13-15-25)41(45)46/h12-15,23,26-33,42,44H,11,16-22H2,1-10H3/t23-,26-,27+,28-,29+,30+,31+,32+,33+,37?,38-,39-,40-/m1/s1. The molecule has 0 radical (unpaired) electrons. The number of benzene rings is 1. The Bertz CT molecular complexity index is 1460. The first-order valence-electron chi connectivity index (χ1n) is 19.0. The molecule has 1 saturated heterocycles. The lowest BCUT2D eigenvalue weighted by atomic mass is 9.32. The Labute approximate surface area is 298 Å². The summed E-state index contributed by atoms with van der Waals surface area (Å²) in [6.07, 6.45) is 3.56. The number of hydrogen-bond donors (Lipinski definition) is 2. The van der Waals surface area contributed by atoms with E-state index in [1.165, 1.54) is 24.3 Å². The molecule has 6 rings (SSSR count). The molecule has 1 heterocycles. The van der Waals surface area contributed by atoms with E-state index in [0.29, 0.717) is 18.9 Å². The van der Waals surface area contributed by atoms with Gasteiger partial charge < -0.3 is 29.2 Å². The van der Waals surface area contributed by atoms with E-state index in [0.717, 1.165) is 38.5 Å². The molecule has 1 aromatic rings. The number of carbonyl (C=O) groups excluding carboxylic acids is 1. The summed E-state index contributed by atoms with van der Waals surface area (Å²) in [6, 6.07) is 5.43. The van der Waals surface area contributed by atoms with Crippen LogP contribution in [0.3, 0.4) is 0 Å². The van der Waals surface area contributed by atoms with Crippen molar-refractivity contribution in [1.82, 2.24) is 0 Å². The minimum atomic E-state index is -1.07. The van der Waals surface area contributed by atoms with Crippen molar-refractivity contribution in [1.29, 1.82) is 0 Å². The van der Waals surface area contributed by atoms with Gasteiger partial charge in [-0.05, 0) is 118 Å². The number of nitrogens with zero attached hydrogens (tertiary/aromatic N) is 1. The fourth-order valence-electron chi connectivity index (χ4n) is 13.1. The lowest BCUT2D eigenvalue weighted by Crippen LogP contribution is -2.67. The first-order chi connectivity index (χ1) is 23.2.